The van der Waals surface area contributed by atoms with Crippen molar-refractivity contribution < 1.29 is 28.8 Å². The Morgan fingerprint density at radius 3 is 2.66 bits per heavy atom. The zero-order valence-electron chi connectivity index (χ0n) is 18.1. The van der Waals surface area contributed by atoms with Gasteiger partial charge in [0.25, 0.3) is 0 Å². The average molecular weight is 412 g/mol. The van der Waals surface area contributed by atoms with E-state index in [2.05, 4.69) is 13.8 Å². The molecule has 2 saturated carbocycles. The Morgan fingerprint density at radius 2 is 1.93 bits per heavy atom. The van der Waals surface area contributed by atoms with E-state index in [0.717, 1.165) is 25.7 Å². The van der Waals surface area contributed by atoms with Crippen molar-refractivity contribution in [2.75, 3.05) is 46.6 Å². The number of morpholine rings is 1. The van der Waals surface area contributed by atoms with E-state index in [-0.39, 0.29) is 35.0 Å². The maximum absolute atomic E-state index is 13.0. The molecule has 7 nitrogen and oxygen atoms in total. The molecule has 2 aliphatic carbocycles. The fourth-order valence-electron chi connectivity index (χ4n) is 6.64. The lowest BCUT2D eigenvalue weighted by Crippen LogP contribution is -2.63. The Kier molecular flexibility index (Phi) is 6.24. The lowest BCUT2D eigenvalue weighted by molar-refractivity contribution is -0.316. The summed E-state index contributed by atoms with van der Waals surface area (Å²) in [6.45, 7) is 8.19. The molecule has 4 fully saturated rings. The van der Waals surface area contributed by atoms with E-state index in [1.165, 1.54) is 0 Å². The number of carbonyl (C=O) groups excluding carboxylic acids is 1. The van der Waals surface area contributed by atoms with Crippen LogP contribution < -0.4 is 0 Å². The van der Waals surface area contributed by atoms with E-state index in [1.807, 2.05) is 4.90 Å². The summed E-state index contributed by atoms with van der Waals surface area (Å²) in [4.78, 5) is 14.9. The molecule has 0 bridgehead atoms. The number of hydrogen-bond acceptors (Lipinski definition) is 6. The maximum Gasteiger partial charge on any atom is 0.223 e. The zero-order chi connectivity index (χ0) is 20.6. The van der Waals surface area contributed by atoms with Crippen LogP contribution in [0, 0.1) is 22.7 Å². The number of ether oxygens (including phenoxy) is 4. The molecule has 0 aromatic rings. The third-order valence-corrected chi connectivity index (χ3v) is 8.29. The Bertz CT molecular complexity index is 596. The van der Waals surface area contributed by atoms with Crippen LogP contribution in [0.4, 0.5) is 0 Å². The number of hydrogen-bond donors (Lipinski definition) is 1. The number of amides is 1. The number of rotatable bonds is 4. The average Bonchev–Trinajstić information content (AvgIpc) is 2.72. The summed E-state index contributed by atoms with van der Waals surface area (Å²) < 4.78 is 22.9. The molecule has 0 spiro atoms. The van der Waals surface area contributed by atoms with Crippen LogP contribution in [0.1, 0.15) is 46.0 Å². The second kappa shape index (κ2) is 8.42. The molecule has 7 unspecified atom stereocenters. The number of aliphatic hydroxyl groups is 1. The van der Waals surface area contributed by atoms with Gasteiger partial charge in [0.1, 0.15) is 0 Å². The molecule has 0 radical (unpaired) electrons. The van der Waals surface area contributed by atoms with E-state index in [9.17, 15) is 9.90 Å². The molecule has 0 aromatic carbocycles. The van der Waals surface area contributed by atoms with Crippen molar-refractivity contribution in [1.29, 1.82) is 0 Å². The van der Waals surface area contributed by atoms with Crippen molar-refractivity contribution in [3.05, 3.63) is 0 Å². The normalized spacial score (nSPS) is 45.4. The fourth-order valence-corrected chi connectivity index (χ4v) is 6.64. The molecule has 1 amide bonds. The van der Waals surface area contributed by atoms with Crippen LogP contribution in [-0.2, 0) is 23.7 Å². The van der Waals surface area contributed by atoms with Crippen molar-refractivity contribution in [2.45, 2.75) is 64.4 Å². The molecule has 0 aromatic heterocycles. The summed E-state index contributed by atoms with van der Waals surface area (Å²) in [5.41, 5.74) is -0.191. The van der Waals surface area contributed by atoms with Gasteiger partial charge < -0.3 is 29.0 Å². The molecule has 7 heteroatoms. The molecule has 7 atom stereocenters. The van der Waals surface area contributed by atoms with Gasteiger partial charge >= 0.3 is 0 Å². The standard InChI is InChI=1S/C22H37NO6/c1-21-7-6-18-22(2,14-28-20(29-18)13-26-3)17(21)5-4-16(24)15(21)12-19(25)23-8-10-27-11-9-23/h15-18,20,24H,4-14H2,1-3H3. The van der Waals surface area contributed by atoms with Gasteiger partial charge in [0.2, 0.25) is 5.91 Å². The largest absolute Gasteiger partial charge is 0.393 e. The minimum absolute atomic E-state index is 0.0222. The molecular weight excluding hydrogens is 374 g/mol. The van der Waals surface area contributed by atoms with Crippen LogP contribution in [0.2, 0.25) is 0 Å². The second-order valence-corrected chi connectivity index (χ2v) is 9.87. The minimum atomic E-state index is -0.423. The number of carbonyl (C=O) groups is 1. The summed E-state index contributed by atoms with van der Waals surface area (Å²) in [6.07, 6.45) is 3.43. The SMILES string of the molecule is COCC1OCC2(C)C(CCC3(C)C(CC(=O)N4CCOCC4)C(O)CCC23)O1. The van der Waals surface area contributed by atoms with Gasteiger partial charge in [0.15, 0.2) is 6.29 Å². The highest BCUT2D eigenvalue weighted by Crippen LogP contribution is 2.62. The summed E-state index contributed by atoms with van der Waals surface area (Å²) in [7, 11) is 1.66. The topological polar surface area (TPSA) is 77.5 Å². The predicted octanol–water partition coefficient (Wildman–Crippen LogP) is 1.82. The number of nitrogens with zero attached hydrogens (tertiary/aromatic N) is 1. The van der Waals surface area contributed by atoms with Crippen molar-refractivity contribution in [3.8, 4) is 0 Å². The highest BCUT2D eigenvalue weighted by molar-refractivity contribution is 5.76. The third-order valence-electron chi connectivity index (χ3n) is 8.29. The predicted molar refractivity (Wildman–Crippen MR) is 106 cm³/mol. The lowest BCUT2D eigenvalue weighted by atomic mass is 9.46. The summed E-state index contributed by atoms with van der Waals surface area (Å²) >= 11 is 0. The Morgan fingerprint density at radius 1 is 1.17 bits per heavy atom. The minimum Gasteiger partial charge on any atom is -0.393 e. The van der Waals surface area contributed by atoms with Gasteiger partial charge in [-0.25, -0.2) is 0 Å². The van der Waals surface area contributed by atoms with Gasteiger partial charge in [-0.1, -0.05) is 13.8 Å². The van der Waals surface area contributed by atoms with Gasteiger partial charge in [0, 0.05) is 32.0 Å². The lowest BCUT2D eigenvalue weighted by Gasteiger charge is -2.63. The first-order valence-corrected chi connectivity index (χ1v) is 11.2. The first kappa shape index (κ1) is 21.5. The Balaban J connectivity index is 1.51. The fraction of sp³-hybridized carbons (Fsp3) is 0.955. The smallest absolute Gasteiger partial charge is 0.223 e. The number of aliphatic hydroxyl groups excluding tert-OH is 1. The van der Waals surface area contributed by atoms with Crippen molar-refractivity contribution in [3.63, 3.8) is 0 Å². The first-order valence-electron chi connectivity index (χ1n) is 11.2. The van der Waals surface area contributed by atoms with E-state index in [0.29, 0.717) is 51.9 Å². The van der Waals surface area contributed by atoms with Crippen LogP contribution >= 0.6 is 0 Å². The molecule has 4 aliphatic rings. The first-order chi connectivity index (χ1) is 13.9. The summed E-state index contributed by atoms with van der Waals surface area (Å²) in [6, 6.07) is 0. The quantitative estimate of drug-likeness (QED) is 0.760. The van der Waals surface area contributed by atoms with Crippen LogP contribution in [-0.4, -0.2) is 81.0 Å². The van der Waals surface area contributed by atoms with Gasteiger partial charge in [0.05, 0.1) is 38.6 Å². The number of methoxy groups -OCH3 is 1. The van der Waals surface area contributed by atoms with Crippen LogP contribution in [0.5, 0.6) is 0 Å². The molecule has 2 saturated heterocycles. The van der Waals surface area contributed by atoms with E-state index >= 15 is 0 Å². The van der Waals surface area contributed by atoms with E-state index in [1.54, 1.807) is 7.11 Å². The molecule has 1 N–H and O–H groups in total. The van der Waals surface area contributed by atoms with E-state index in [4.69, 9.17) is 18.9 Å². The van der Waals surface area contributed by atoms with Crippen molar-refractivity contribution in [1.82, 2.24) is 4.90 Å². The summed E-state index contributed by atoms with van der Waals surface area (Å²) in [5.74, 6) is 0.497. The molecule has 166 valence electrons. The van der Waals surface area contributed by atoms with Crippen LogP contribution in [0.25, 0.3) is 0 Å². The highest BCUT2D eigenvalue weighted by Gasteiger charge is 2.61. The maximum atomic E-state index is 13.0. The third kappa shape index (κ3) is 3.85. The van der Waals surface area contributed by atoms with E-state index < -0.39 is 6.10 Å². The van der Waals surface area contributed by atoms with Gasteiger partial charge in [-0.05, 0) is 42.9 Å². The van der Waals surface area contributed by atoms with Gasteiger partial charge in [-0.3, -0.25) is 4.79 Å². The number of fused-ring (bicyclic) bond motifs is 3. The van der Waals surface area contributed by atoms with Crippen LogP contribution in [0.15, 0.2) is 0 Å². The zero-order valence-corrected chi connectivity index (χ0v) is 18.1. The molecule has 29 heavy (non-hydrogen) atoms. The molecular formula is C22H37NO6. The Labute approximate surface area is 174 Å². The van der Waals surface area contributed by atoms with Crippen molar-refractivity contribution in [2.24, 2.45) is 22.7 Å². The Hall–Kier alpha value is -0.730. The van der Waals surface area contributed by atoms with Crippen molar-refractivity contribution >= 4 is 5.91 Å². The molecule has 4 rings (SSSR count). The second-order valence-electron chi connectivity index (χ2n) is 9.87. The van der Waals surface area contributed by atoms with Gasteiger partial charge in [-0.15, -0.1) is 0 Å². The molecule has 2 aliphatic heterocycles. The van der Waals surface area contributed by atoms with Gasteiger partial charge in [-0.2, -0.15) is 0 Å². The molecule has 2 heterocycles. The monoisotopic (exact) mass is 411 g/mol. The van der Waals surface area contributed by atoms with Crippen LogP contribution in [0.3, 0.4) is 0 Å². The summed E-state index contributed by atoms with van der Waals surface area (Å²) in [5, 5.41) is 10.9. The highest BCUT2D eigenvalue weighted by atomic mass is 16.7.